The molecule has 1 unspecified atom stereocenters. The van der Waals surface area contributed by atoms with E-state index in [0.29, 0.717) is 0 Å². The highest BCUT2D eigenvalue weighted by molar-refractivity contribution is 6.30. The molecule has 0 fully saturated rings. The Morgan fingerprint density at radius 3 is 2.56 bits per heavy atom. The lowest BCUT2D eigenvalue weighted by molar-refractivity contribution is 0.204. The average molecular weight is 239 g/mol. The Hall–Kier alpha value is -1.52. The first-order valence-corrected chi connectivity index (χ1v) is 4.96. The monoisotopic (exact) mass is 238 g/mol. The van der Waals surface area contributed by atoms with Crippen LogP contribution < -0.4 is 0 Å². The fourth-order valence-electron chi connectivity index (χ4n) is 1.31. The number of hydrogen-bond acceptors (Lipinski definition) is 3. The average Bonchev–Trinajstić information content (AvgIpc) is 2.29. The molecule has 1 N–H and O–H groups in total. The van der Waals surface area contributed by atoms with Gasteiger partial charge >= 0.3 is 0 Å². The van der Waals surface area contributed by atoms with Crippen LogP contribution >= 0.6 is 11.6 Å². The van der Waals surface area contributed by atoms with Crippen molar-refractivity contribution in [2.75, 3.05) is 0 Å². The van der Waals surface area contributed by atoms with Gasteiger partial charge in [0.1, 0.15) is 11.9 Å². The lowest BCUT2D eigenvalue weighted by atomic mass is 10.1. The highest BCUT2D eigenvalue weighted by atomic mass is 35.5. The van der Waals surface area contributed by atoms with E-state index in [-0.39, 0.29) is 16.4 Å². The van der Waals surface area contributed by atoms with E-state index in [0.717, 1.165) is 6.07 Å². The topological polar surface area (TPSA) is 46.0 Å². The number of benzene rings is 1. The Balaban J connectivity index is 2.38. The maximum absolute atomic E-state index is 13.5. The van der Waals surface area contributed by atoms with Gasteiger partial charge in [-0.3, -0.25) is 0 Å². The Labute approximate surface area is 96.6 Å². The van der Waals surface area contributed by atoms with Crippen LogP contribution in [0.15, 0.2) is 36.7 Å². The molecule has 0 saturated heterocycles. The quantitative estimate of drug-likeness (QED) is 0.874. The molecule has 1 aromatic heterocycles. The molecule has 3 nitrogen and oxygen atoms in total. The summed E-state index contributed by atoms with van der Waals surface area (Å²) < 4.78 is 13.5. The largest absolute Gasteiger partial charge is 0.380 e. The molecule has 1 heterocycles. The van der Waals surface area contributed by atoms with Crippen molar-refractivity contribution in [3.63, 3.8) is 0 Å². The van der Waals surface area contributed by atoms with Gasteiger partial charge in [0.25, 0.3) is 0 Å². The Bertz CT molecular complexity index is 493. The van der Waals surface area contributed by atoms with Crippen molar-refractivity contribution in [1.82, 2.24) is 9.97 Å². The third kappa shape index (κ3) is 2.18. The molecule has 1 atom stereocenters. The van der Waals surface area contributed by atoms with Crippen LogP contribution in [0.2, 0.25) is 5.02 Å². The summed E-state index contributed by atoms with van der Waals surface area (Å²) in [7, 11) is 0. The van der Waals surface area contributed by atoms with Crippen molar-refractivity contribution >= 4 is 11.6 Å². The second-order valence-electron chi connectivity index (χ2n) is 3.18. The standard InChI is InChI=1S/C11H8ClFN2O/c12-7-2-3-8(9(13)6-7)10(16)11-14-4-1-5-15-11/h1-6,10,16H. The fourth-order valence-corrected chi connectivity index (χ4v) is 1.47. The number of aromatic nitrogens is 2. The molecule has 2 rings (SSSR count). The van der Waals surface area contributed by atoms with Gasteiger partial charge in [0.05, 0.1) is 0 Å². The second-order valence-corrected chi connectivity index (χ2v) is 3.61. The van der Waals surface area contributed by atoms with Gasteiger partial charge in [-0.1, -0.05) is 17.7 Å². The SMILES string of the molecule is OC(c1ncccn1)c1ccc(Cl)cc1F. The number of aliphatic hydroxyl groups excluding tert-OH is 1. The summed E-state index contributed by atoms with van der Waals surface area (Å²) in [5.74, 6) is -0.420. The van der Waals surface area contributed by atoms with Gasteiger partial charge in [-0.15, -0.1) is 0 Å². The molecular formula is C11H8ClFN2O. The van der Waals surface area contributed by atoms with Crippen molar-refractivity contribution in [1.29, 1.82) is 0 Å². The third-order valence-electron chi connectivity index (χ3n) is 2.09. The molecule has 82 valence electrons. The van der Waals surface area contributed by atoms with E-state index in [1.54, 1.807) is 6.07 Å². The second kappa shape index (κ2) is 4.55. The van der Waals surface area contributed by atoms with E-state index in [1.807, 2.05) is 0 Å². The Kier molecular flexibility index (Phi) is 3.12. The van der Waals surface area contributed by atoms with E-state index in [4.69, 9.17) is 11.6 Å². The number of rotatable bonds is 2. The highest BCUT2D eigenvalue weighted by Crippen LogP contribution is 2.23. The van der Waals surface area contributed by atoms with Crippen molar-refractivity contribution < 1.29 is 9.50 Å². The van der Waals surface area contributed by atoms with Gasteiger partial charge in [-0.25, -0.2) is 14.4 Å². The van der Waals surface area contributed by atoms with Crippen LogP contribution in [0, 0.1) is 5.82 Å². The van der Waals surface area contributed by atoms with Crippen LogP contribution in [-0.2, 0) is 0 Å². The number of halogens is 2. The normalized spacial score (nSPS) is 12.4. The maximum Gasteiger partial charge on any atom is 0.161 e. The molecular weight excluding hydrogens is 231 g/mol. The molecule has 5 heteroatoms. The van der Waals surface area contributed by atoms with E-state index < -0.39 is 11.9 Å². The fraction of sp³-hybridized carbons (Fsp3) is 0.0909. The Morgan fingerprint density at radius 1 is 1.25 bits per heavy atom. The van der Waals surface area contributed by atoms with E-state index >= 15 is 0 Å². The minimum Gasteiger partial charge on any atom is -0.380 e. The third-order valence-corrected chi connectivity index (χ3v) is 2.32. The predicted molar refractivity (Wildman–Crippen MR) is 57.5 cm³/mol. The number of hydrogen-bond donors (Lipinski definition) is 1. The molecule has 16 heavy (non-hydrogen) atoms. The summed E-state index contributed by atoms with van der Waals surface area (Å²) in [5, 5.41) is 10.1. The summed E-state index contributed by atoms with van der Waals surface area (Å²) in [6.45, 7) is 0. The number of aliphatic hydroxyl groups is 1. The molecule has 0 radical (unpaired) electrons. The first kappa shape index (κ1) is 11.0. The van der Waals surface area contributed by atoms with E-state index in [1.165, 1.54) is 24.5 Å². The lowest BCUT2D eigenvalue weighted by Crippen LogP contribution is -2.06. The molecule has 0 aliphatic carbocycles. The molecule has 2 aromatic rings. The summed E-state index contributed by atoms with van der Waals surface area (Å²) >= 11 is 5.61. The van der Waals surface area contributed by atoms with Crippen molar-refractivity contribution in [3.8, 4) is 0 Å². The van der Waals surface area contributed by atoms with Crippen molar-refractivity contribution in [2.24, 2.45) is 0 Å². The van der Waals surface area contributed by atoms with E-state index in [2.05, 4.69) is 9.97 Å². The zero-order chi connectivity index (χ0) is 11.5. The predicted octanol–water partition coefficient (Wildman–Crippen LogP) is 2.35. The minimum atomic E-state index is -1.18. The molecule has 1 aromatic carbocycles. The molecule has 0 saturated carbocycles. The van der Waals surface area contributed by atoms with Gasteiger partial charge < -0.3 is 5.11 Å². The zero-order valence-corrected chi connectivity index (χ0v) is 8.89. The summed E-state index contributed by atoms with van der Waals surface area (Å²) in [6.07, 6.45) is 1.79. The number of nitrogens with zero attached hydrogens (tertiary/aromatic N) is 2. The zero-order valence-electron chi connectivity index (χ0n) is 8.14. The van der Waals surface area contributed by atoms with Crippen LogP contribution in [0.4, 0.5) is 4.39 Å². The van der Waals surface area contributed by atoms with Gasteiger partial charge in [0.2, 0.25) is 0 Å². The summed E-state index contributed by atoms with van der Waals surface area (Å²) in [5.41, 5.74) is 0.107. The van der Waals surface area contributed by atoms with Crippen LogP contribution in [0.1, 0.15) is 17.5 Å². The molecule has 0 bridgehead atoms. The van der Waals surface area contributed by atoms with Gasteiger partial charge in [-0.2, -0.15) is 0 Å². The van der Waals surface area contributed by atoms with Gasteiger partial charge in [0.15, 0.2) is 5.82 Å². The lowest BCUT2D eigenvalue weighted by Gasteiger charge is -2.10. The first-order valence-electron chi connectivity index (χ1n) is 4.58. The minimum absolute atomic E-state index is 0.107. The Morgan fingerprint density at radius 2 is 1.94 bits per heavy atom. The van der Waals surface area contributed by atoms with Crippen LogP contribution in [-0.4, -0.2) is 15.1 Å². The highest BCUT2D eigenvalue weighted by Gasteiger charge is 2.17. The smallest absolute Gasteiger partial charge is 0.161 e. The molecule has 0 aliphatic rings. The molecule has 0 amide bonds. The van der Waals surface area contributed by atoms with Gasteiger partial charge in [0, 0.05) is 23.0 Å². The first-order chi connectivity index (χ1) is 7.68. The van der Waals surface area contributed by atoms with Gasteiger partial charge in [-0.05, 0) is 18.2 Å². The molecule has 0 aliphatic heterocycles. The maximum atomic E-state index is 13.5. The van der Waals surface area contributed by atoms with Crippen molar-refractivity contribution in [2.45, 2.75) is 6.10 Å². The van der Waals surface area contributed by atoms with E-state index in [9.17, 15) is 9.50 Å². The molecule has 0 spiro atoms. The van der Waals surface area contributed by atoms with Crippen LogP contribution in [0.25, 0.3) is 0 Å². The summed E-state index contributed by atoms with van der Waals surface area (Å²) in [6, 6.07) is 5.68. The summed E-state index contributed by atoms with van der Waals surface area (Å²) in [4.78, 5) is 7.72. The van der Waals surface area contributed by atoms with Crippen LogP contribution in [0.5, 0.6) is 0 Å². The van der Waals surface area contributed by atoms with Crippen LogP contribution in [0.3, 0.4) is 0 Å². The van der Waals surface area contributed by atoms with Crippen molar-refractivity contribution in [3.05, 3.63) is 58.9 Å².